The fourth-order valence-corrected chi connectivity index (χ4v) is 2.30. The minimum Gasteiger partial charge on any atom is -0.497 e. The Balaban J connectivity index is 0.00000312. The van der Waals surface area contributed by atoms with Gasteiger partial charge in [-0.3, -0.25) is 4.79 Å². The normalized spacial score (nSPS) is 12.4. The molecule has 0 bridgehead atoms. The number of nitrogens with two attached hydrogens (primary N) is 1. The van der Waals surface area contributed by atoms with Gasteiger partial charge >= 0.3 is 0 Å². The molecule has 6 heteroatoms. The van der Waals surface area contributed by atoms with Crippen LogP contribution in [0.3, 0.4) is 0 Å². The lowest BCUT2D eigenvalue weighted by atomic mass is 9.95. The van der Waals surface area contributed by atoms with E-state index in [1.807, 2.05) is 61.5 Å². The van der Waals surface area contributed by atoms with Gasteiger partial charge in [-0.1, -0.05) is 37.3 Å². The Morgan fingerprint density at radius 1 is 1.08 bits per heavy atom. The molecule has 0 aliphatic rings. The van der Waals surface area contributed by atoms with Crippen molar-refractivity contribution >= 4 is 18.3 Å². The molecule has 0 saturated carbocycles. The lowest BCUT2D eigenvalue weighted by Crippen LogP contribution is -2.37. The summed E-state index contributed by atoms with van der Waals surface area (Å²) in [6, 6.07) is 16.6. The van der Waals surface area contributed by atoms with Crippen molar-refractivity contribution < 1.29 is 14.3 Å². The van der Waals surface area contributed by atoms with Crippen LogP contribution in [-0.2, 0) is 4.79 Å². The highest BCUT2D eigenvalue weighted by atomic mass is 35.5. The summed E-state index contributed by atoms with van der Waals surface area (Å²) in [5.74, 6) is 1.12. The molecule has 2 aromatic rings. The fraction of sp³-hybridized carbons (Fsp3) is 0.316. The molecule has 0 heterocycles. The number of hydrogen-bond donors (Lipinski definition) is 2. The summed E-state index contributed by atoms with van der Waals surface area (Å²) in [5.41, 5.74) is 7.11. The van der Waals surface area contributed by atoms with Crippen molar-refractivity contribution in [1.29, 1.82) is 0 Å². The summed E-state index contributed by atoms with van der Waals surface area (Å²) in [7, 11) is 1.62. The zero-order valence-corrected chi connectivity index (χ0v) is 15.3. The molecule has 0 fully saturated rings. The number of nitrogens with one attached hydrogen (secondary N) is 1. The van der Waals surface area contributed by atoms with E-state index in [1.165, 1.54) is 0 Å². The molecule has 0 aromatic heterocycles. The predicted octanol–water partition coefficient (Wildman–Crippen LogP) is 2.95. The maximum Gasteiger partial charge on any atom is 0.224 e. The number of hydrogen-bond acceptors (Lipinski definition) is 4. The van der Waals surface area contributed by atoms with Crippen molar-refractivity contribution in [2.45, 2.75) is 13.0 Å². The molecule has 3 N–H and O–H groups in total. The number of benzene rings is 2. The number of amides is 1. The fourth-order valence-electron chi connectivity index (χ4n) is 2.30. The second-order valence-corrected chi connectivity index (χ2v) is 5.54. The Labute approximate surface area is 154 Å². The van der Waals surface area contributed by atoms with Crippen LogP contribution in [0, 0.1) is 5.92 Å². The molecule has 0 aliphatic heterocycles. The Hall–Kier alpha value is -2.24. The van der Waals surface area contributed by atoms with Gasteiger partial charge in [-0.05, 0) is 29.8 Å². The van der Waals surface area contributed by atoms with Crippen molar-refractivity contribution in [3.8, 4) is 11.5 Å². The van der Waals surface area contributed by atoms with Crippen LogP contribution in [0.25, 0.3) is 0 Å². The van der Waals surface area contributed by atoms with Gasteiger partial charge in [-0.2, -0.15) is 0 Å². The third-order valence-corrected chi connectivity index (χ3v) is 3.87. The maximum absolute atomic E-state index is 12.2. The van der Waals surface area contributed by atoms with E-state index < -0.39 is 0 Å². The molecule has 0 radical (unpaired) electrons. The van der Waals surface area contributed by atoms with E-state index in [4.69, 9.17) is 15.2 Å². The van der Waals surface area contributed by atoms with Gasteiger partial charge < -0.3 is 20.5 Å². The second kappa shape index (κ2) is 10.6. The summed E-state index contributed by atoms with van der Waals surface area (Å²) in [5, 5.41) is 2.86. The number of carbonyl (C=O) groups excluding carboxylic acids is 1. The molecule has 2 unspecified atom stereocenters. The quantitative estimate of drug-likeness (QED) is 0.706. The molecule has 5 nitrogen and oxygen atoms in total. The molecule has 0 spiro atoms. The summed E-state index contributed by atoms with van der Waals surface area (Å²) in [6.45, 7) is 2.65. The first-order valence-corrected chi connectivity index (χ1v) is 7.97. The number of carbonyl (C=O) groups is 1. The van der Waals surface area contributed by atoms with E-state index in [9.17, 15) is 4.79 Å². The summed E-state index contributed by atoms with van der Waals surface area (Å²) >= 11 is 0. The average Bonchev–Trinajstić information content (AvgIpc) is 2.65. The van der Waals surface area contributed by atoms with E-state index in [0.29, 0.717) is 13.2 Å². The van der Waals surface area contributed by atoms with Crippen molar-refractivity contribution in [1.82, 2.24) is 5.32 Å². The van der Waals surface area contributed by atoms with Crippen molar-refractivity contribution in [3.63, 3.8) is 0 Å². The molecule has 136 valence electrons. The molecular formula is C19H25ClN2O3. The Morgan fingerprint density at radius 3 is 2.28 bits per heavy atom. The van der Waals surface area contributed by atoms with Gasteiger partial charge in [0.25, 0.3) is 0 Å². The molecule has 0 aliphatic carbocycles. The molecule has 0 saturated heterocycles. The van der Waals surface area contributed by atoms with E-state index in [-0.39, 0.29) is 30.3 Å². The number of methoxy groups -OCH3 is 1. The van der Waals surface area contributed by atoms with Crippen LogP contribution in [0.4, 0.5) is 0 Å². The topological polar surface area (TPSA) is 73.6 Å². The zero-order chi connectivity index (χ0) is 17.4. The van der Waals surface area contributed by atoms with Crippen molar-refractivity contribution in [2.24, 2.45) is 11.7 Å². The second-order valence-electron chi connectivity index (χ2n) is 5.54. The minimum absolute atomic E-state index is 0. The summed E-state index contributed by atoms with van der Waals surface area (Å²) in [4.78, 5) is 12.2. The standard InChI is InChI=1S/C19H24N2O3.ClH/c1-14(18(20)15-6-4-3-5-7-15)19(22)21-12-13-24-17-10-8-16(23-2)9-11-17;/h3-11,14,18H,12-13,20H2,1-2H3,(H,21,22);1H. The summed E-state index contributed by atoms with van der Waals surface area (Å²) in [6.07, 6.45) is 0. The Bertz CT molecular complexity index is 635. The highest BCUT2D eigenvalue weighted by Gasteiger charge is 2.21. The largest absolute Gasteiger partial charge is 0.497 e. The van der Waals surface area contributed by atoms with Crippen LogP contribution >= 0.6 is 12.4 Å². The Morgan fingerprint density at radius 2 is 1.68 bits per heavy atom. The molecule has 2 rings (SSSR count). The van der Waals surface area contributed by atoms with E-state index in [1.54, 1.807) is 7.11 Å². The Kier molecular flexibility index (Phi) is 8.81. The smallest absolute Gasteiger partial charge is 0.224 e. The SMILES string of the molecule is COc1ccc(OCCNC(=O)C(C)C(N)c2ccccc2)cc1.Cl. The van der Waals surface area contributed by atoms with Gasteiger partial charge in [-0.25, -0.2) is 0 Å². The zero-order valence-electron chi connectivity index (χ0n) is 14.5. The third kappa shape index (κ3) is 6.29. The molecule has 2 aromatic carbocycles. The van der Waals surface area contributed by atoms with Crippen molar-refractivity contribution in [2.75, 3.05) is 20.3 Å². The first-order chi connectivity index (χ1) is 11.6. The highest BCUT2D eigenvalue weighted by Crippen LogP contribution is 2.19. The lowest BCUT2D eigenvalue weighted by Gasteiger charge is -2.19. The van der Waals surface area contributed by atoms with E-state index in [2.05, 4.69) is 5.32 Å². The number of ether oxygens (including phenoxy) is 2. The van der Waals surface area contributed by atoms with Gasteiger partial charge in [0, 0.05) is 6.04 Å². The van der Waals surface area contributed by atoms with Crippen LogP contribution < -0.4 is 20.5 Å². The van der Waals surface area contributed by atoms with Gasteiger partial charge in [0.2, 0.25) is 5.91 Å². The highest BCUT2D eigenvalue weighted by molar-refractivity contribution is 5.85. The van der Waals surface area contributed by atoms with Crippen LogP contribution in [0.5, 0.6) is 11.5 Å². The van der Waals surface area contributed by atoms with E-state index in [0.717, 1.165) is 17.1 Å². The van der Waals surface area contributed by atoms with Gasteiger partial charge in [0.1, 0.15) is 18.1 Å². The first kappa shape index (κ1) is 20.8. The van der Waals surface area contributed by atoms with Crippen LogP contribution in [0.15, 0.2) is 54.6 Å². The summed E-state index contributed by atoms with van der Waals surface area (Å²) < 4.78 is 10.7. The molecular weight excluding hydrogens is 340 g/mol. The number of halogens is 1. The van der Waals surface area contributed by atoms with E-state index >= 15 is 0 Å². The molecule has 2 atom stereocenters. The van der Waals surface area contributed by atoms with Gasteiger partial charge in [0.15, 0.2) is 0 Å². The number of rotatable bonds is 8. The van der Waals surface area contributed by atoms with Crippen LogP contribution in [0.1, 0.15) is 18.5 Å². The maximum atomic E-state index is 12.2. The van der Waals surface area contributed by atoms with Crippen LogP contribution in [0.2, 0.25) is 0 Å². The lowest BCUT2D eigenvalue weighted by molar-refractivity contribution is -0.125. The third-order valence-electron chi connectivity index (χ3n) is 3.87. The predicted molar refractivity (Wildman–Crippen MR) is 101 cm³/mol. The minimum atomic E-state index is -0.325. The molecule has 25 heavy (non-hydrogen) atoms. The van der Waals surface area contributed by atoms with Gasteiger partial charge in [0.05, 0.1) is 19.6 Å². The van der Waals surface area contributed by atoms with Crippen molar-refractivity contribution in [3.05, 3.63) is 60.2 Å². The average molecular weight is 365 g/mol. The van der Waals surface area contributed by atoms with Crippen LogP contribution in [-0.4, -0.2) is 26.2 Å². The first-order valence-electron chi connectivity index (χ1n) is 7.97. The monoisotopic (exact) mass is 364 g/mol. The van der Waals surface area contributed by atoms with Gasteiger partial charge in [-0.15, -0.1) is 12.4 Å². The molecule has 1 amide bonds.